The molecule has 104 valence electrons. The summed E-state index contributed by atoms with van der Waals surface area (Å²) in [4.78, 5) is 15.2. The van der Waals surface area contributed by atoms with Crippen LogP contribution >= 0.6 is 11.8 Å². The van der Waals surface area contributed by atoms with Crippen LogP contribution in [-0.2, 0) is 4.74 Å². The van der Waals surface area contributed by atoms with Crippen molar-refractivity contribution < 1.29 is 9.53 Å². The number of benzene rings is 1. The molecular formula is C14H20N2O2S. The van der Waals surface area contributed by atoms with Crippen LogP contribution in [0.4, 0.5) is 10.5 Å². The van der Waals surface area contributed by atoms with Crippen LogP contribution in [0.2, 0.25) is 0 Å². The van der Waals surface area contributed by atoms with Crippen molar-refractivity contribution >= 4 is 23.5 Å². The van der Waals surface area contributed by atoms with Gasteiger partial charge < -0.3 is 15.0 Å². The highest BCUT2D eigenvalue weighted by atomic mass is 32.2. The van der Waals surface area contributed by atoms with E-state index >= 15 is 0 Å². The average molecular weight is 280 g/mol. The summed E-state index contributed by atoms with van der Waals surface area (Å²) in [5, 5.41) is 2.95. The van der Waals surface area contributed by atoms with Crippen molar-refractivity contribution in [3.63, 3.8) is 0 Å². The molecule has 2 amide bonds. The van der Waals surface area contributed by atoms with Crippen LogP contribution in [0.15, 0.2) is 29.2 Å². The van der Waals surface area contributed by atoms with Crippen LogP contribution in [0.1, 0.15) is 13.8 Å². The van der Waals surface area contributed by atoms with Gasteiger partial charge in [-0.3, -0.25) is 0 Å². The molecule has 0 radical (unpaired) electrons. The number of anilines is 1. The van der Waals surface area contributed by atoms with Gasteiger partial charge in [-0.2, -0.15) is 0 Å². The van der Waals surface area contributed by atoms with Crippen molar-refractivity contribution in [2.75, 3.05) is 24.7 Å². The SMILES string of the molecule is CSc1cccc(NC(=O)N2C[C@@H](C)O[C@H](C)C2)c1. The summed E-state index contributed by atoms with van der Waals surface area (Å²) in [7, 11) is 0. The molecule has 5 heteroatoms. The number of amides is 2. The lowest BCUT2D eigenvalue weighted by Crippen LogP contribution is -2.49. The monoisotopic (exact) mass is 280 g/mol. The first-order valence-electron chi connectivity index (χ1n) is 6.44. The molecule has 1 aromatic rings. The van der Waals surface area contributed by atoms with E-state index in [9.17, 15) is 4.79 Å². The van der Waals surface area contributed by atoms with E-state index in [0.29, 0.717) is 13.1 Å². The smallest absolute Gasteiger partial charge is 0.322 e. The Morgan fingerprint density at radius 1 is 1.37 bits per heavy atom. The number of morpholine rings is 1. The van der Waals surface area contributed by atoms with Gasteiger partial charge in [-0.05, 0) is 38.3 Å². The fourth-order valence-electron chi connectivity index (χ4n) is 2.25. The van der Waals surface area contributed by atoms with Gasteiger partial charge in [0, 0.05) is 23.7 Å². The number of hydrogen-bond donors (Lipinski definition) is 1. The predicted molar refractivity (Wildman–Crippen MR) is 78.8 cm³/mol. The van der Waals surface area contributed by atoms with Gasteiger partial charge in [0.15, 0.2) is 0 Å². The zero-order valence-corrected chi connectivity index (χ0v) is 12.4. The second kappa shape index (κ2) is 6.30. The molecule has 0 bridgehead atoms. The molecule has 2 atom stereocenters. The van der Waals surface area contributed by atoms with Crippen LogP contribution < -0.4 is 5.32 Å². The van der Waals surface area contributed by atoms with Crippen LogP contribution in [0.5, 0.6) is 0 Å². The lowest BCUT2D eigenvalue weighted by molar-refractivity contribution is -0.0530. The first-order valence-corrected chi connectivity index (χ1v) is 7.66. The number of urea groups is 1. The van der Waals surface area contributed by atoms with Crippen molar-refractivity contribution in [3.8, 4) is 0 Å². The maximum absolute atomic E-state index is 12.2. The first kappa shape index (κ1) is 14.2. The van der Waals surface area contributed by atoms with Crippen molar-refractivity contribution in [3.05, 3.63) is 24.3 Å². The Kier molecular flexibility index (Phi) is 4.71. The third kappa shape index (κ3) is 3.88. The van der Waals surface area contributed by atoms with Gasteiger partial charge in [0.2, 0.25) is 0 Å². The van der Waals surface area contributed by atoms with Crippen molar-refractivity contribution in [1.82, 2.24) is 4.90 Å². The molecule has 1 aliphatic rings. The minimum absolute atomic E-state index is 0.0553. The number of carbonyl (C=O) groups excluding carboxylic acids is 1. The average Bonchev–Trinajstić information content (AvgIpc) is 2.37. The molecule has 1 heterocycles. The van der Waals surface area contributed by atoms with Crippen molar-refractivity contribution in [1.29, 1.82) is 0 Å². The summed E-state index contributed by atoms with van der Waals surface area (Å²) in [6.07, 6.45) is 2.20. The zero-order chi connectivity index (χ0) is 13.8. The number of thioether (sulfide) groups is 1. The van der Waals surface area contributed by atoms with Crippen LogP contribution in [0, 0.1) is 0 Å². The Balaban J connectivity index is 2.00. The molecule has 0 aromatic heterocycles. The van der Waals surface area contributed by atoms with E-state index in [-0.39, 0.29) is 18.2 Å². The standard InChI is InChI=1S/C14H20N2O2S/c1-10-8-16(9-11(2)18-10)14(17)15-12-5-4-6-13(7-12)19-3/h4-7,10-11H,8-9H2,1-3H3,(H,15,17)/t10-,11-/m1/s1. The summed E-state index contributed by atoms with van der Waals surface area (Å²) < 4.78 is 5.63. The summed E-state index contributed by atoms with van der Waals surface area (Å²) in [6, 6.07) is 7.81. The molecule has 1 aromatic carbocycles. The van der Waals surface area contributed by atoms with Crippen LogP contribution in [0.3, 0.4) is 0 Å². The minimum Gasteiger partial charge on any atom is -0.372 e. The molecule has 1 aliphatic heterocycles. The van der Waals surface area contributed by atoms with E-state index in [0.717, 1.165) is 10.6 Å². The van der Waals surface area contributed by atoms with Gasteiger partial charge in [-0.25, -0.2) is 4.79 Å². The van der Waals surface area contributed by atoms with E-state index in [4.69, 9.17) is 4.74 Å². The Morgan fingerprint density at radius 3 is 2.68 bits per heavy atom. The minimum atomic E-state index is -0.0553. The molecule has 19 heavy (non-hydrogen) atoms. The van der Waals surface area contributed by atoms with Crippen molar-refractivity contribution in [2.24, 2.45) is 0 Å². The Morgan fingerprint density at radius 2 is 2.05 bits per heavy atom. The topological polar surface area (TPSA) is 41.6 Å². The van der Waals surface area contributed by atoms with E-state index < -0.39 is 0 Å². The number of nitrogens with zero attached hydrogens (tertiary/aromatic N) is 1. The largest absolute Gasteiger partial charge is 0.372 e. The van der Waals surface area contributed by atoms with E-state index in [2.05, 4.69) is 5.32 Å². The molecular weight excluding hydrogens is 260 g/mol. The van der Waals surface area contributed by atoms with Gasteiger partial charge in [0.05, 0.1) is 12.2 Å². The highest BCUT2D eigenvalue weighted by Gasteiger charge is 2.25. The molecule has 0 saturated carbocycles. The Labute approximate surface area is 118 Å². The summed E-state index contributed by atoms with van der Waals surface area (Å²) in [5.74, 6) is 0. The number of ether oxygens (including phenoxy) is 1. The molecule has 0 unspecified atom stereocenters. The second-order valence-corrected chi connectivity index (χ2v) is 5.70. The van der Waals surface area contributed by atoms with Gasteiger partial charge in [0.25, 0.3) is 0 Å². The Bertz CT molecular complexity index is 443. The highest BCUT2D eigenvalue weighted by molar-refractivity contribution is 7.98. The van der Waals surface area contributed by atoms with Gasteiger partial charge in [-0.1, -0.05) is 6.07 Å². The van der Waals surface area contributed by atoms with Crippen LogP contribution in [0.25, 0.3) is 0 Å². The van der Waals surface area contributed by atoms with E-state index in [1.165, 1.54) is 0 Å². The number of nitrogens with one attached hydrogen (secondary N) is 1. The fourth-order valence-corrected chi connectivity index (χ4v) is 2.71. The molecule has 4 nitrogen and oxygen atoms in total. The number of carbonyl (C=O) groups is 1. The molecule has 0 spiro atoms. The maximum Gasteiger partial charge on any atom is 0.322 e. The van der Waals surface area contributed by atoms with Gasteiger partial charge >= 0.3 is 6.03 Å². The third-order valence-corrected chi connectivity index (χ3v) is 3.75. The first-order chi connectivity index (χ1) is 9.08. The second-order valence-electron chi connectivity index (χ2n) is 4.82. The zero-order valence-electron chi connectivity index (χ0n) is 11.6. The quantitative estimate of drug-likeness (QED) is 0.847. The molecule has 1 N–H and O–H groups in total. The van der Waals surface area contributed by atoms with Gasteiger partial charge in [0.1, 0.15) is 0 Å². The highest BCUT2D eigenvalue weighted by Crippen LogP contribution is 2.20. The summed E-state index contributed by atoms with van der Waals surface area (Å²) >= 11 is 1.66. The summed E-state index contributed by atoms with van der Waals surface area (Å²) in [5.41, 5.74) is 0.837. The van der Waals surface area contributed by atoms with Gasteiger partial charge in [-0.15, -0.1) is 11.8 Å². The van der Waals surface area contributed by atoms with E-state index in [1.807, 2.05) is 49.3 Å². The molecule has 0 aliphatic carbocycles. The summed E-state index contributed by atoms with van der Waals surface area (Å²) in [6.45, 7) is 5.26. The number of hydrogen-bond acceptors (Lipinski definition) is 3. The van der Waals surface area contributed by atoms with Crippen molar-refractivity contribution in [2.45, 2.75) is 31.0 Å². The molecule has 1 fully saturated rings. The fraction of sp³-hybridized carbons (Fsp3) is 0.500. The lowest BCUT2D eigenvalue weighted by Gasteiger charge is -2.35. The normalized spacial score (nSPS) is 23.2. The van der Waals surface area contributed by atoms with Crippen LogP contribution in [-0.4, -0.2) is 42.5 Å². The maximum atomic E-state index is 12.2. The van der Waals surface area contributed by atoms with E-state index in [1.54, 1.807) is 11.8 Å². The predicted octanol–water partition coefficient (Wildman–Crippen LogP) is 3.05. The molecule has 1 saturated heterocycles. The number of rotatable bonds is 2. The molecule has 2 rings (SSSR count). The Hall–Kier alpha value is -1.20. The lowest BCUT2D eigenvalue weighted by atomic mass is 10.2. The third-order valence-electron chi connectivity index (χ3n) is 3.03.